The average Bonchev–Trinajstić information content (AvgIpc) is 3.73. The maximum atomic E-state index is 5.71. The summed E-state index contributed by atoms with van der Waals surface area (Å²) in [6, 6.07) is 65.9. The van der Waals surface area contributed by atoms with Crippen LogP contribution in [0, 0.1) is 0 Å². The number of para-hydroxylation sites is 3. The predicted octanol–water partition coefficient (Wildman–Crippen LogP) is 13.4. The number of rotatable bonds is 2. The third kappa shape index (κ3) is 3.92. The molecule has 0 N–H and O–H groups in total. The van der Waals surface area contributed by atoms with Crippen LogP contribution in [0.1, 0.15) is 0 Å². The number of nitrogens with zero attached hydrogens (tertiary/aromatic N) is 4. The largest absolute Gasteiger partial charge is 0.308 e. The molecule has 13 rings (SSSR count). The topological polar surface area (TPSA) is 35.6 Å². The van der Waals surface area contributed by atoms with E-state index in [0.29, 0.717) is 0 Å². The van der Waals surface area contributed by atoms with Crippen LogP contribution < -0.4 is 0 Å². The molecule has 1 aliphatic rings. The Hall–Kier alpha value is -7.56. The summed E-state index contributed by atoms with van der Waals surface area (Å²) in [4.78, 5) is 11.2. The Morgan fingerprint density at radius 1 is 0.393 bits per heavy atom. The number of benzene rings is 9. The highest BCUT2D eigenvalue weighted by atomic mass is 15.1. The molecule has 0 saturated heterocycles. The van der Waals surface area contributed by atoms with Crippen LogP contribution in [0.2, 0.25) is 0 Å². The van der Waals surface area contributed by atoms with Crippen molar-refractivity contribution in [1.29, 1.82) is 0 Å². The zero-order chi connectivity index (χ0) is 36.5. The third-order valence-electron chi connectivity index (χ3n) is 12.0. The Morgan fingerprint density at radius 2 is 1.04 bits per heavy atom. The molecular formula is C52H30N4. The lowest BCUT2D eigenvalue weighted by atomic mass is 9.91. The molecule has 56 heavy (non-hydrogen) atoms. The fourth-order valence-electron chi connectivity index (χ4n) is 9.61. The molecule has 0 unspecified atom stereocenters. The van der Waals surface area contributed by atoms with Gasteiger partial charge in [-0.05, 0) is 63.7 Å². The van der Waals surface area contributed by atoms with Crippen molar-refractivity contribution in [3.05, 3.63) is 182 Å². The molecule has 0 radical (unpaired) electrons. The van der Waals surface area contributed by atoms with Gasteiger partial charge in [-0.1, -0.05) is 146 Å². The highest BCUT2D eigenvalue weighted by molar-refractivity contribution is 6.28. The van der Waals surface area contributed by atoms with E-state index in [1.807, 2.05) is 0 Å². The van der Waals surface area contributed by atoms with E-state index in [4.69, 9.17) is 9.97 Å². The van der Waals surface area contributed by atoms with Crippen LogP contribution in [0.5, 0.6) is 0 Å². The summed E-state index contributed by atoms with van der Waals surface area (Å²) < 4.78 is 4.90. The van der Waals surface area contributed by atoms with E-state index in [1.165, 1.54) is 71.3 Å². The van der Waals surface area contributed by atoms with Gasteiger partial charge in [0.15, 0.2) is 5.82 Å². The second-order valence-electron chi connectivity index (χ2n) is 14.9. The average molecular weight is 711 g/mol. The Kier molecular flexibility index (Phi) is 5.86. The number of fused-ring (bicyclic) bond motifs is 16. The van der Waals surface area contributed by atoms with Crippen molar-refractivity contribution in [2.75, 3.05) is 0 Å². The highest BCUT2D eigenvalue weighted by Gasteiger charge is 2.29. The minimum atomic E-state index is 0.816. The minimum absolute atomic E-state index is 0.816. The molecule has 0 bridgehead atoms. The van der Waals surface area contributed by atoms with Gasteiger partial charge in [-0.15, -0.1) is 0 Å². The standard InChI is InChI=1S/C52H30N4/c1-2-15-33-29-34(26-25-31(33)13-1)49-52(54-50-35-16-4-3-14-32(35)27-28-42(50)53-49)56-45-24-12-9-21-40(45)47-46(56)30-41-38-19-8-11-23-44(38)55-43-22-10-7-18-37(43)36-17-5-6-20-39(36)48(47)51(41)55/h1-30H. The van der Waals surface area contributed by atoms with E-state index in [-0.39, 0.29) is 0 Å². The quantitative estimate of drug-likeness (QED) is 0.167. The summed E-state index contributed by atoms with van der Waals surface area (Å²) in [5.74, 6) is 0.816. The number of hydrogen-bond acceptors (Lipinski definition) is 2. The monoisotopic (exact) mass is 710 g/mol. The molecule has 0 amide bonds. The molecule has 258 valence electrons. The van der Waals surface area contributed by atoms with Crippen LogP contribution in [0.4, 0.5) is 0 Å². The van der Waals surface area contributed by atoms with Gasteiger partial charge >= 0.3 is 0 Å². The molecule has 4 nitrogen and oxygen atoms in total. The molecule has 3 aromatic heterocycles. The normalized spacial score (nSPS) is 12.3. The van der Waals surface area contributed by atoms with E-state index in [1.54, 1.807) is 0 Å². The smallest absolute Gasteiger partial charge is 0.165 e. The van der Waals surface area contributed by atoms with Gasteiger partial charge in [0.2, 0.25) is 0 Å². The van der Waals surface area contributed by atoms with Crippen molar-refractivity contribution >= 4 is 76.2 Å². The maximum absolute atomic E-state index is 5.71. The Balaban J connectivity index is 1.26. The van der Waals surface area contributed by atoms with Gasteiger partial charge in [0.25, 0.3) is 0 Å². The van der Waals surface area contributed by atoms with Gasteiger partial charge in [0, 0.05) is 43.6 Å². The molecule has 0 atom stereocenters. The highest BCUT2D eigenvalue weighted by Crippen LogP contribution is 2.52. The third-order valence-corrected chi connectivity index (χ3v) is 12.0. The Labute approximate surface area is 321 Å². The maximum Gasteiger partial charge on any atom is 0.165 e. The van der Waals surface area contributed by atoms with Gasteiger partial charge in [-0.3, -0.25) is 4.57 Å². The molecule has 0 aliphatic carbocycles. The van der Waals surface area contributed by atoms with E-state index in [0.717, 1.165) is 49.9 Å². The summed E-state index contributed by atoms with van der Waals surface area (Å²) >= 11 is 0. The molecule has 1 aliphatic heterocycles. The molecule has 9 aromatic carbocycles. The second-order valence-corrected chi connectivity index (χ2v) is 14.9. The van der Waals surface area contributed by atoms with E-state index in [9.17, 15) is 0 Å². The van der Waals surface area contributed by atoms with Gasteiger partial charge in [0.05, 0.1) is 38.8 Å². The van der Waals surface area contributed by atoms with E-state index < -0.39 is 0 Å². The first kappa shape index (κ1) is 29.8. The second kappa shape index (κ2) is 11.0. The zero-order valence-electron chi connectivity index (χ0n) is 30.1. The number of aromatic nitrogens is 4. The van der Waals surface area contributed by atoms with Crippen LogP contribution in [0.15, 0.2) is 182 Å². The minimum Gasteiger partial charge on any atom is -0.308 e. The van der Waals surface area contributed by atoms with Crippen molar-refractivity contribution in [3.63, 3.8) is 0 Å². The zero-order valence-corrected chi connectivity index (χ0v) is 30.1. The van der Waals surface area contributed by atoms with Crippen LogP contribution in [-0.4, -0.2) is 19.1 Å². The first-order valence-electron chi connectivity index (χ1n) is 19.2. The Bertz CT molecular complexity index is 3660. The summed E-state index contributed by atoms with van der Waals surface area (Å²) in [5.41, 5.74) is 14.4. The lowest BCUT2D eigenvalue weighted by Gasteiger charge is -2.16. The van der Waals surface area contributed by atoms with E-state index in [2.05, 4.69) is 191 Å². The summed E-state index contributed by atoms with van der Waals surface area (Å²) in [6.45, 7) is 0. The van der Waals surface area contributed by atoms with Crippen LogP contribution in [0.3, 0.4) is 0 Å². The SMILES string of the molecule is c1ccc2c(c1)-c1ccccc1-n1c3ccccc3c3cc4c(c-2c31)c1ccccc1n4-c1nc2c(ccc3ccccc32)nc1-c1ccc2ccccc2c1. The van der Waals surface area contributed by atoms with Gasteiger partial charge in [0.1, 0.15) is 5.69 Å². The van der Waals surface area contributed by atoms with Crippen LogP contribution in [0.25, 0.3) is 121 Å². The fourth-order valence-corrected chi connectivity index (χ4v) is 9.61. The first-order chi connectivity index (χ1) is 27.8. The lowest BCUT2D eigenvalue weighted by molar-refractivity contribution is 1.08. The van der Waals surface area contributed by atoms with Gasteiger partial charge < -0.3 is 4.57 Å². The van der Waals surface area contributed by atoms with Crippen molar-refractivity contribution < 1.29 is 0 Å². The molecule has 0 saturated carbocycles. The van der Waals surface area contributed by atoms with Gasteiger partial charge in [-0.25, -0.2) is 9.97 Å². The molecule has 4 heteroatoms. The first-order valence-corrected chi connectivity index (χ1v) is 19.2. The predicted molar refractivity (Wildman–Crippen MR) is 233 cm³/mol. The Morgan fingerprint density at radius 3 is 1.89 bits per heavy atom. The summed E-state index contributed by atoms with van der Waals surface area (Å²) in [6.07, 6.45) is 0. The molecule has 4 heterocycles. The summed E-state index contributed by atoms with van der Waals surface area (Å²) in [5, 5.41) is 9.43. The van der Waals surface area contributed by atoms with Crippen LogP contribution >= 0.6 is 0 Å². The fraction of sp³-hybridized carbons (Fsp3) is 0. The number of hydrogen-bond donors (Lipinski definition) is 0. The van der Waals surface area contributed by atoms with Crippen LogP contribution in [-0.2, 0) is 0 Å². The molecule has 0 spiro atoms. The summed E-state index contributed by atoms with van der Waals surface area (Å²) in [7, 11) is 0. The van der Waals surface area contributed by atoms with Crippen molar-refractivity contribution in [2.24, 2.45) is 0 Å². The van der Waals surface area contributed by atoms with Crippen molar-refractivity contribution in [3.8, 4) is 45.0 Å². The molecule has 12 aromatic rings. The lowest BCUT2D eigenvalue weighted by Crippen LogP contribution is -2.04. The van der Waals surface area contributed by atoms with E-state index >= 15 is 0 Å². The molecule has 0 fully saturated rings. The van der Waals surface area contributed by atoms with Gasteiger partial charge in [-0.2, -0.15) is 0 Å². The van der Waals surface area contributed by atoms with Crippen molar-refractivity contribution in [2.45, 2.75) is 0 Å². The van der Waals surface area contributed by atoms with Crippen molar-refractivity contribution in [1.82, 2.24) is 19.1 Å². The molecular weight excluding hydrogens is 681 g/mol.